The Hall–Kier alpha value is -1.54. The predicted molar refractivity (Wildman–Crippen MR) is 96.8 cm³/mol. The summed E-state index contributed by atoms with van der Waals surface area (Å²) >= 11 is 3.59. The number of nitrogens with zero attached hydrogens (tertiary/aromatic N) is 1. The van der Waals surface area contributed by atoms with Crippen molar-refractivity contribution in [3.05, 3.63) is 52.1 Å². The van der Waals surface area contributed by atoms with E-state index < -0.39 is 0 Å². The standard InChI is InChI=1S/C16H13IN2O2S/c17-10-1-5-12(6-2-10)19-15(20)9-14(16(19)21)22-13-7-3-11(18)4-8-13/h1-8,14H,9,18H2. The minimum Gasteiger partial charge on any atom is -0.399 e. The van der Waals surface area contributed by atoms with Gasteiger partial charge in [0.1, 0.15) is 0 Å². The first kappa shape index (κ1) is 15.4. The number of nitrogens with two attached hydrogens (primary N) is 1. The lowest BCUT2D eigenvalue weighted by molar-refractivity contribution is -0.121. The third-order valence-corrected chi connectivity index (χ3v) is 5.26. The Kier molecular flexibility index (Phi) is 4.39. The van der Waals surface area contributed by atoms with Gasteiger partial charge in [-0.3, -0.25) is 9.59 Å². The zero-order valence-corrected chi connectivity index (χ0v) is 14.5. The summed E-state index contributed by atoms with van der Waals surface area (Å²) < 4.78 is 1.06. The van der Waals surface area contributed by atoms with E-state index in [0.717, 1.165) is 8.47 Å². The van der Waals surface area contributed by atoms with Crippen molar-refractivity contribution in [3.8, 4) is 0 Å². The average Bonchev–Trinajstić information content (AvgIpc) is 2.77. The maximum atomic E-state index is 12.5. The molecule has 0 aliphatic carbocycles. The van der Waals surface area contributed by atoms with Gasteiger partial charge < -0.3 is 5.73 Å². The second-order valence-electron chi connectivity index (χ2n) is 4.92. The normalized spacial score (nSPS) is 18.0. The molecule has 0 bridgehead atoms. The molecule has 112 valence electrons. The Morgan fingerprint density at radius 3 is 2.32 bits per heavy atom. The van der Waals surface area contributed by atoms with Gasteiger partial charge in [0.2, 0.25) is 11.8 Å². The molecule has 2 amide bonds. The van der Waals surface area contributed by atoms with Gasteiger partial charge in [0.05, 0.1) is 10.9 Å². The molecule has 2 N–H and O–H groups in total. The topological polar surface area (TPSA) is 63.4 Å². The molecule has 1 saturated heterocycles. The van der Waals surface area contributed by atoms with Crippen molar-refractivity contribution in [1.29, 1.82) is 0 Å². The first-order chi connectivity index (χ1) is 10.5. The zero-order valence-electron chi connectivity index (χ0n) is 11.5. The van der Waals surface area contributed by atoms with Crippen LogP contribution in [0, 0.1) is 3.57 Å². The van der Waals surface area contributed by atoms with Crippen LogP contribution in [-0.4, -0.2) is 17.1 Å². The third kappa shape index (κ3) is 3.12. The number of hydrogen-bond donors (Lipinski definition) is 1. The van der Waals surface area contributed by atoms with Crippen molar-refractivity contribution in [1.82, 2.24) is 0 Å². The molecule has 1 fully saturated rings. The maximum Gasteiger partial charge on any atom is 0.247 e. The van der Waals surface area contributed by atoms with E-state index in [-0.39, 0.29) is 23.5 Å². The van der Waals surface area contributed by atoms with Gasteiger partial charge in [0.25, 0.3) is 0 Å². The summed E-state index contributed by atoms with van der Waals surface area (Å²) in [6.45, 7) is 0. The number of anilines is 2. The molecule has 0 radical (unpaired) electrons. The maximum absolute atomic E-state index is 12.5. The van der Waals surface area contributed by atoms with Crippen molar-refractivity contribution in [3.63, 3.8) is 0 Å². The largest absolute Gasteiger partial charge is 0.399 e. The van der Waals surface area contributed by atoms with E-state index in [4.69, 9.17) is 5.73 Å². The molecule has 1 aliphatic rings. The average molecular weight is 424 g/mol. The number of carbonyl (C=O) groups excluding carboxylic acids is 2. The van der Waals surface area contributed by atoms with Crippen LogP contribution in [0.4, 0.5) is 11.4 Å². The number of hydrogen-bond acceptors (Lipinski definition) is 4. The van der Waals surface area contributed by atoms with Crippen molar-refractivity contribution >= 4 is 57.5 Å². The van der Waals surface area contributed by atoms with Crippen molar-refractivity contribution in [2.45, 2.75) is 16.6 Å². The lowest BCUT2D eigenvalue weighted by Gasteiger charge is -2.15. The monoisotopic (exact) mass is 424 g/mol. The van der Waals surface area contributed by atoms with Crippen LogP contribution in [0.1, 0.15) is 6.42 Å². The summed E-state index contributed by atoms with van der Waals surface area (Å²) in [7, 11) is 0. The number of benzene rings is 2. The van der Waals surface area contributed by atoms with E-state index in [0.29, 0.717) is 11.4 Å². The molecular weight excluding hydrogens is 411 g/mol. The molecule has 0 spiro atoms. The number of amides is 2. The number of nitrogen functional groups attached to an aromatic ring is 1. The van der Waals surface area contributed by atoms with Crippen LogP contribution in [0.15, 0.2) is 53.4 Å². The smallest absolute Gasteiger partial charge is 0.247 e. The Bertz CT molecular complexity index is 716. The SMILES string of the molecule is Nc1ccc(SC2CC(=O)N(c3ccc(I)cc3)C2=O)cc1. The molecule has 2 aromatic rings. The molecule has 3 rings (SSSR count). The summed E-state index contributed by atoms with van der Waals surface area (Å²) in [4.78, 5) is 26.9. The Morgan fingerprint density at radius 2 is 1.68 bits per heavy atom. The van der Waals surface area contributed by atoms with Gasteiger partial charge in [-0.25, -0.2) is 4.90 Å². The summed E-state index contributed by atoms with van der Waals surface area (Å²) in [5.41, 5.74) is 6.97. The predicted octanol–water partition coefficient (Wildman–Crippen LogP) is 3.30. The minimum absolute atomic E-state index is 0.154. The van der Waals surface area contributed by atoms with Gasteiger partial charge in [0.15, 0.2) is 0 Å². The number of halogens is 1. The van der Waals surface area contributed by atoms with Crippen LogP contribution in [-0.2, 0) is 9.59 Å². The van der Waals surface area contributed by atoms with Gasteiger partial charge in [-0.1, -0.05) is 0 Å². The van der Waals surface area contributed by atoms with Crippen LogP contribution >= 0.6 is 34.4 Å². The van der Waals surface area contributed by atoms with E-state index in [9.17, 15) is 9.59 Å². The molecule has 1 aliphatic heterocycles. The molecule has 22 heavy (non-hydrogen) atoms. The van der Waals surface area contributed by atoms with E-state index in [1.807, 2.05) is 24.3 Å². The van der Waals surface area contributed by atoms with Crippen molar-refractivity contribution in [2.75, 3.05) is 10.6 Å². The first-order valence-electron chi connectivity index (χ1n) is 6.69. The van der Waals surface area contributed by atoms with Crippen molar-refractivity contribution in [2.24, 2.45) is 0 Å². The molecule has 2 aromatic carbocycles. The van der Waals surface area contributed by atoms with Gasteiger partial charge in [-0.2, -0.15) is 0 Å². The second-order valence-corrected chi connectivity index (χ2v) is 7.45. The van der Waals surface area contributed by atoms with E-state index in [1.165, 1.54) is 16.7 Å². The van der Waals surface area contributed by atoms with Gasteiger partial charge in [-0.15, -0.1) is 11.8 Å². The first-order valence-corrected chi connectivity index (χ1v) is 8.65. The molecule has 1 atom stereocenters. The molecular formula is C16H13IN2O2S. The van der Waals surface area contributed by atoms with Gasteiger partial charge >= 0.3 is 0 Å². The lowest BCUT2D eigenvalue weighted by atomic mass is 10.3. The fraction of sp³-hybridized carbons (Fsp3) is 0.125. The quantitative estimate of drug-likeness (QED) is 0.467. The van der Waals surface area contributed by atoms with E-state index in [1.54, 1.807) is 24.3 Å². The summed E-state index contributed by atoms with van der Waals surface area (Å²) in [5, 5.41) is -0.379. The molecule has 1 unspecified atom stereocenters. The van der Waals surface area contributed by atoms with Crippen LogP contribution in [0.5, 0.6) is 0 Å². The molecule has 1 heterocycles. The Morgan fingerprint density at radius 1 is 1.05 bits per heavy atom. The Labute approximate surface area is 146 Å². The lowest BCUT2D eigenvalue weighted by Crippen LogP contribution is -2.31. The van der Waals surface area contributed by atoms with Crippen LogP contribution in [0.3, 0.4) is 0 Å². The fourth-order valence-corrected chi connectivity index (χ4v) is 3.68. The number of carbonyl (C=O) groups is 2. The number of rotatable bonds is 3. The number of thioether (sulfide) groups is 1. The number of imide groups is 1. The summed E-state index contributed by atoms with van der Waals surface area (Å²) in [6.07, 6.45) is 0.222. The zero-order chi connectivity index (χ0) is 15.7. The van der Waals surface area contributed by atoms with Crippen LogP contribution in [0.25, 0.3) is 0 Å². The third-order valence-electron chi connectivity index (χ3n) is 3.35. The highest BCUT2D eigenvalue weighted by atomic mass is 127. The molecule has 4 nitrogen and oxygen atoms in total. The van der Waals surface area contributed by atoms with Crippen molar-refractivity contribution < 1.29 is 9.59 Å². The van der Waals surface area contributed by atoms with Gasteiger partial charge in [-0.05, 0) is 71.1 Å². The van der Waals surface area contributed by atoms with E-state index >= 15 is 0 Å². The molecule has 6 heteroatoms. The summed E-state index contributed by atoms with van der Waals surface area (Å²) in [5.74, 6) is -0.313. The highest BCUT2D eigenvalue weighted by Gasteiger charge is 2.40. The van der Waals surface area contributed by atoms with Gasteiger partial charge in [0, 0.05) is 20.6 Å². The van der Waals surface area contributed by atoms with E-state index in [2.05, 4.69) is 22.6 Å². The highest BCUT2D eigenvalue weighted by molar-refractivity contribution is 14.1. The highest BCUT2D eigenvalue weighted by Crippen LogP contribution is 2.34. The molecule has 0 aromatic heterocycles. The second kappa shape index (κ2) is 6.29. The van der Waals surface area contributed by atoms with Crippen LogP contribution in [0.2, 0.25) is 0 Å². The summed E-state index contributed by atoms with van der Waals surface area (Å²) in [6, 6.07) is 14.7. The minimum atomic E-state index is -0.379. The fourth-order valence-electron chi connectivity index (χ4n) is 2.27. The van der Waals surface area contributed by atoms with Crippen LogP contribution < -0.4 is 10.6 Å². The molecule has 0 saturated carbocycles. The Balaban J connectivity index is 1.79.